The van der Waals surface area contributed by atoms with Crippen molar-refractivity contribution in [1.29, 1.82) is 5.41 Å². The van der Waals surface area contributed by atoms with Crippen molar-refractivity contribution >= 4 is 17.6 Å². The Morgan fingerprint density at radius 1 is 1.15 bits per heavy atom. The fourth-order valence-corrected chi connectivity index (χ4v) is 3.25. The van der Waals surface area contributed by atoms with Gasteiger partial charge in [-0.15, -0.1) is 11.8 Å². The van der Waals surface area contributed by atoms with E-state index in [1.807, 2.05) is 42.5 Å². The number of hydrogen-bond donors (Lipinski definition) is 2. The van der Waals surface area contributed by atoms with Crippen LogP contribution in [0.1, 0.15) is 17.2 Å². The highest BCUT2D eigenvalue weighted by Crippen LogP contribution is 2.41. The Morgan fingerprint density at radius 2 is 1.80 bits per heavy atom. The van der Waals surface area contributed by atoms with Gasteiger partial charge in [-0.2, -0.15) is 0 Å². The number of benzene rings is 2. The molecule has 1 unspecified atom stereocenters. The van der Waals surface area contributed by atoms with Crippen molar-refractivity contribution in [1.82, 2.24) is 0 Å². The van der Waals surface area contributed by atoms with Crippen molar-refractivity contribution in [2.75, 3.05) is 7.11 Å². The van der Waals surface area contributed by atoms with Crippen LogP contribution in [0.4, 0.5) is 0 Å². The van der Waals surface area contributed by atoms with Crippen LogP contribution in [0.15, 0.2) is 59.5 Å². The molecule has 0 aromatic heterocycles. The van der Waals surface area contributed by atoms with Crippen LogP contribution in [-0.2, 0) is 0 Å². The number of thioether (sulfide) groups is 1. The Morgan fingerprint density at radius 3 is 2.45 bits per heavy atom. The molecule has 0 aliphatic rings. The number of rotatable bonds is 6. The molecule has 0 radical (unpaired) electrons. The second kappa shape index (κ2) is 7.01. The number of methoxy groups -OCH3 is 1. The fraction of sp³-hybridized carbons (Fsp3) is 0.188. The van der Waals surface area contributed by atoms with Gasteiger partial charge >= 0.3 is 0 Å². The van der Waals surface area contributed by atoms with Gasteiger partial charge in [-0.1, -0.05) is 42.5 Å². The second-order valence-electron chi connectivity index (χ2n) is 4.40. The molecule has 0 saturated carbocycles. The van der Waals surface area contributed by atoms with Gasteiger partial charge in [0.1, 0.15) is 5.75 Å². The summed E-state index contributed by atoms with van der Waals surface area (Å²) >= 11 is 1.68. The monoisotopic (exact) mass is 286 g/mol. The lowest BCUT2D eigenvalue weighted by molar-refractivity contribution is 0.404. The molecular weight excluding hydrogens is 268 g/mol. The van der Waals surface area contributed by atoms with Crippen LogP contribution in [0, 0.1) is 5.41 Å². The van der Waals surface area contributed by atoms with E-state index in [4.69, 9.17) is 15.9 Å². The highest BCUT2D eigenvalue weighted by molar-refractivity contribution is 7.99. The summed E-state index contributed by atoms with van der Waals surface area (Å²) in [4.78, 5) is 1.06. The van der Waals surface area contributed by atoms with Crippen molar-refractivity contribution in [3.05, 3.63) is 60.2 Å². The Bertz CT molecular complexity index is 572. The topological polar surface area (TPSA) is 59.1 Å². The molecule has 3 nitrogen and oxygen atoms in total. The third-order valence-electron chi connectivity index (χ3n) is 2.91. The van der Waals surface area contributed by atoms with Gasteiger partial charge in [0.25, 0.3) is 0 Å². The van der Waals surface area contributed by atoms with Crippen LogP contribution < -0.4 is 10.5 Å². The molecule has 104 valence electrons. The average molecular weight is 286 g/mol. The third-order valence-corrected chi connectivity index (χ3v) is 4.23. The number of nitrogens with one attached hydrogen (secondary N) is 1. The van der Waals surface area contributed by atoms with Gasteiger partial charge < -0.3 is 10.5 Å². The number of para-hydroxylation sites is 1. The van der Waals surface area contributed by atoms with E-state index in [1.165, 1.54) is 5.56 Å². The number of hydrogen-bond acceptors (Lipinski definition) is 3. The highest BCUT2D eigenvalue weighted by Gasteiger charge is 2.16. The predicted octanol–water partition coefficient (Wildman–Crippen LogP) is 3.85. The van der Waals surface area contributed by atoms with Gasteiger partial charge in [0.05, 0.1) is 12.9 Å². The van der Waals surface area contributed by atoms with Gasteiger partial charge in [-0.05, 0) is 17.7 Å². The van der Waals surface area contributed by atoms with E-state index in [2.05, 4.69) is 12.1 Å². The molecule has 0 aliphatic carbocycles. The largest absolute Gasteiger partial charge is 0.496 e. The van der Waals surface area contributed by atoms with E-state index in [0.29, 0.717) is 6.42 Å². The lowest BCUT2D eigenvalue weighted by atomic mass is 10.1. The van der Waals surface area contributed by atoms with Crippen LogP contribution in [-0.4, -0.2) is 12.9 Å². The summed E-state index contributed by atoms with van der Waals surface area (Å²) < 4.78 is 5.38. The first-order valence-corrected chi connectivity index (χ1v) is 7.26. The molecule has 3 N–H and O–H groups in total. The van der Waals surface area contributed by atoms with Crippen LogP contribution in [0.25, 0.3) is 0 Å². The highest BCUT2D eigenvalue weighted by atomic mass is 32.2. The SMILES string of the molecule is COc1ccccc1SC(CC(=N)N)c1ccccc1. The predicted molar refractivity (Wildman–Crippen MR) is 84.6 cm³/mol. The summed E-state index contributed by atoms with van der Waals surface area (Å²) in [5.74, 6) is 1.04. The van der Waals surface area contributed by atoms with Crippen LogP contribution in [0.5, 0.6) is 5.75 Å². The minimum Gasteiger partial charge on any atom is -0.496 e. The van der Waals surface area contributed by atoms with Gasteiger partial charge in [0.15, 0.2) is 0 Å². The van der Waals surface area contributed by atoms with E-state index in [0.717, 1.165) is 10.6 Å². The lowest BCUT2D eigenvalue weighted by Crippen LogP contribution is -2.13. The molecule has 0 amide bonds. The third kappa shape index (κ3) is 3.78. The van der Waals surface area contributed by atoms with Gasteiger partial charge in [0.2, 0.25) is 0 Å². The van der Waals surface area contributed by atoms with E-state index in [-0.39, 0.29) is 11.1 Å². The Hall–Kier alpha value is -1.94. The molecule has 0 bridgehead atoms. The van der Waals surface area contributed by atoms with Crippen molar-refractivity contribution in [2.45, 2.75) is 16.6 Å². The van der Waals surface area contributed by atoms with E-state index < -0.39 is 0 Å². The van der Waals surface area contributed by atoms with Crippen LogP contribution >= 0.6 is 11.8 Å². The second-order valence-corrected chi connectivity index (χ2v) is 5.64. The zero-order valence-electron chi connectivity index (χ0n) is 11.4. The molecule has 4 heteroatoms. The Labute approximate surface area is 123 Å². The summed E-state index contributed by atoms with van der Waals surface area (Å²) in [7, 11) is 1.67. The van der Waals surface area contributed by atoms with Crippen LogP contribution in [0.3, 0.4) is 0 Å². The summed E-state index contributed by atoms with van der Waals surface area (Å²) in [6.07, 6.45) is 0.521. The molecule has 2 aromatic rings. The molecule has 1 atom stereocenters. The molecule has 0 fully saturated rings. The average Bonchev–Trinajstić information content (AvgIpc) is 2.47. The zero-order chi connectivity index (χ0) is 14.4. The van der Waals surface area contributed by atoms with E-state index in [9.17, 15) is 0 Å². The molecule has 0 heterocycles. The van der Waals surface area contributed by atoms with Crippen molar-refractivity contribution in [3.8, 4) is 5.75 Å². The van der Waals surface area contributed by atoms with Crippen molar-refractivity contribution < 1.29 is 4.74 Å². The Balaban J connectivity index is 2.26. The molecule has 0 saturated heterocycles. The number of nitrogens with two attached hydrogens (primary N) is 1. The number of ether oxygens (including phenoxy) is 1. The smallest absolute Gasteiger partial charge is 0.132 e. The van der Waals surface area contributed by atoms with Gasteiger partial charge in [0, 0.05) is 16.6 Å². The first-order valence-electron chi connectivity index (χ1n) is 6.38. The first kappa shape index (κ1) is 14.5. The van der Waals surface area contributed by atoms with E-state index >= 15 is 0 Å². The summed E-state index contributed by atoms with van der Waals surface area (Å²) in [6.45, 7) is 0. The van der Waals surface area contributed by atoms with Crippen LogP contribution in [0.2, 0.25) is 0 Å². The molecular formula is C16H18N2OS. The minimum absolute atomic E-state index is 0.116. The lowest BCUT2D eigenvalue weighted by Gasteiger charge is -2.18. The molecule has 0 spiro atoms. The minimum atomic E-state index is 0.116. The molecule has 0 aliphatic heterocycles. The maximum Gasteiger partial charge on any atom is 0.132 e. The first-order chi connectivity index (χ1) is 9.70. The molecule has 2 aromatic carbocycles. The molecule has 2 rings (SSSR count). The maximum absolute atomic E-state index is 7.57. The van der Waals surface area contributed by atoms with Gasteiger partial charge in [-0.25, -0.2) is 0 Å². The van der Waals surface area contributed by atoms with Crippen molar-refractivity contribution in [2.24, 2.45) is 5.73 Å². The zero-order valence-corrected chi connectivity index (χ0v) is 12.2. The standard InChI is InChI=1S/C16H18N2OS/c1-19-13-9-5-6-10-14(13)20-15(11-16(17)18)12-7-3-2-4-8-12/h2-10,15H,11H2,1H3,(H3,17,18). The quantitative estimate of drug-likeness (QED) is 0.481. The van der Waals surface area contributed by atoms with E-state index in [1.54, 1.807) is 18.9 Å². The summed E-state index contributed by atoms with van der Waals surface area (Å²) in [6, 6.07) is 18.0. The van der Waals surface area contributed by atoms with Crippen molar-refractivity contribution in [3.63, 3.8) is 0 Å². The number of amidine groups is 1. The fourth-order valence-electron chi connectivity index (χ4n) is 1.96. The maximum atomic E-state index is 7.57. The molecule has 20 heavy (non-hydrogen) atoms. The van der Waals surface area contributed by atoms with Gasteiger partial charge in [-0.3, -0.25) is 5.41 Å². The normalized spacial score (nSPS) is 11.8. The summed E-state index contributed by atoms with van der Waals surface area (Å²) in [5, 5.41) is 7.69. The Kier molecular flexibility index (Phi) is 5.07. The summed E-state index contributed by atoms with van der Waals surface area (Å²) in [5.41, 5.74) is 6.76.